The summed E-state index contributed by atoms with van der Waals surface area (Å²) in [4.78, 5) is 16.7. The maximum Gasteiger partial charge on any atom is 0.241 e. The highest BCUT2D eigenvalue weighted by atomic mass is 32.2. The summed E-state index contributed by atoms with van der Waals surface area (Å²) in [5, 5.41) is 2.73. The van der Waals surface area contributed by atoms with Gasteiger partial charge < -0.3 is 14.8 Å². The van der Waals surface area contributed by atoms with Crippen molar-refractivity contribution in [2.45, 2.75) is 31.3 Å². The topological polar surface area (TPSA) is 107 Å². The number of carbonyl (C=O) groups is 1. The fraction of sp³-hybridized carbons (Fsp3) is 0.368. The molecule has 150 valence electrons. The first-order valence-corrected chi connectivity index (χ1v) is 10.4. The van der Waals surface area contributed by atoms with E-state index in [1.54, 1.807) is 38.2 Å². The number of nitrogens with zero attached hydrogens (tertiary/aromatic N) is 1. The molecule has 8 nitrogen and oxygen atoms in total. The first kappa shape index (κ1) is 20.1. The van der Waals surface area contributed by atoms with Crippen molar-refractivity contribution in [2.24, 2.45) is 5.92 Å². The van der Waals surface area contributed by atoms with Gasteiger partial charge in [-0.2, -0.15) is 4.72 Å². The molecular weight excluding hydrogens is 382 g/mol. The minimum absolute atomic E-state index is 0.0138. The molecule has 2 N–H and O–H groups in total. The van der Waals surface area contributed by atoms with E-state index in [0.29, 0.717) is 30.4 Å². The molecule has 1 atom stereocenters. The zero-order valence-corrected chi connectivity index (χ0v) is 16.5. The molecule has 28 heavy (non-hydrogen) atoms. The Morgan fingerprint density at radius 3 is 2.57 bits per heavy atom. The number of ether oxygens (including phenoxy) is 2. The fourth-order valence-electron chi connectivity index (χ4n) is 2.71. The number of fused-ring (bicyclic) bond motifs is 1. The predicted octanol–water partition coefficient (Wildman–Crippen LogP) is 1.47. The summed E-state index contributed by atoms with van der Waals surface area (Å²) in [5.74, 6) is 0.200. The Morgan fingerprint density at radius 2 is 1.89 bits per heavy atom. The van der Waals surface area contributed by atoms with Gasteiger partial charge in [0.2, 0.25) is 15.9 Å². The maximum atomic E-state index is 12.8. The van der Waals surface area contributed by atoms with Gasteiger partial charge in [-0.15, -0.1) is 0 Å². The molecule has 1 aromatic carbocycles. The summed E-state index contributed by atoms with van der Waals surface area (Å²) in [5.41, 5.74) is 0.688. The van der Waals surface area contributed by atoms with E-state index < -0.39 is 22.0 Å². The highest BCUT2D eigenvalue weighted by Crippen LogP contribution is 2.32. The van der Waals surface area contributed by atoms with Crippen LogP contribution in [0.5, 0.6) is 11.5 Å². The number of pyridine rings is 1. The lowest BCUT2D eigenvalue weighted by Crippen LogP contribution is -2.49. The molecule has 1 aliphatic rings. The van der Waals surface area contributed by atoms with E-state index in [9.17, 15) is 13.2 Å². The van der Waals surface area contributed by atoms with Crippen molar-refractivity contribution in [3.8, 4) is 11.5 Å². The molecule has 0 saturated carbocycles. The van der Waals surface area contributed by atoms with Crippen LogP contribution in [0.1, 0.15) is 19.5 Å². The van der Waals surface area contributed by atoms with Gasteiger partial charge in [-0.05, 0) is 30.2 Å². The van der Waals surface area contributed by atoms with Gasteiger partial charge in [0, 0.05) is 12.3 Å². The molecule has 0 saturated heterocycles. The summed E-state index contributed by atoms with van der Waals surface area (Å²) < 4.78 is 39.0. The third-order valence-electron chi connectivity index (χ3n) is 4.23. The number of carbonyl (C=O) groups excluding carboxylic acids is 1. The van der Waals surface area contributed by atoms with Crippen LogP contribution in [0.4, 0.5) is 0 Å². The van der Waals surface area contributed by atoms with Crippen molar-refractivity contribution in [3.05, 3.63) is 48.3 Å². The van der Waals surface area contributed by atoms with E-state index in [1.807, 2.05) is 6.07 Å². The molecule has 2 heterocycles. The number of sulfonamides is 1. The number of nitrogens with one attached hydrogen (secondary N) is 2. The van der Waals surface area contributed by atoms with E-state index in [0.717, 1.165) is 0 Å². The summed E-state index contributed by atoms with van der Waals surface area (Å²) in [6.45, 7) is 4.54. The van der Waals surface area contributed by atoms with Gasteiger partial charge in [0.15, 0.2) is 11.5 Å². The second-order valence-electron chi connectivity index (χ2n) is 6.69. The number of amides is 1. The normalized spacial score (nSPS) is 14.5. The second kappa shape index (κ2) is 8.57. The van der Waals surface area contributed by atoms with Crippen LogP contribution in [0, 0.1) is 5.92 Å². The van der Waals surface area contributed by atoms with Crippen molar-refractivity contribution in [1.29, 1.82) is 0 Å². The fourth-order valence-corrected chi connectivity index (χ4v) is 4.07. The number of rotatable bonds is 7. The first-order valence-electron chi connectivity index (χ1n) is 8.96. The van der Waals surface area contributed by atoms with Gasteiger partial charge in [0.05, 0.1) is 17.1 Å². The van der Waals surface area contributed by atoms with Crippen LogP contribution < -0.4 is 19.5 Å². The SMILES string of the molecule is CC(C)C(NS(=O)(=O)c1ccc2c(c1)OCCO2)C(=O)NCc1ccccn1. The zero-order valence-electron chi connectivity index (χ0n) is 15.7. The van der Waals surface area contributed by atoms with Crippen molar-refractivity contribution in [1.82, 2.24) is 15.0 Å². The lowest BCUT2D eigenvalue weighted by molar-refractivity contribution is -0.123. The van der Waals surface area contributed by atoms with E-state index >= 15 is 0 Å². The monoisotopic (exact) mass is 405 g/mol. The van der Waals surface area contributed by atoms with E-state index in [1.165, 1.54) is 12.1 Å². The minimum Gasteiger partial charge on any atom is -0.486 e. The smallest absolute Gasteiger partial charge is 0.241 e. The minimum atomic E-state index is -3.93. The summed E-state index contributed by atoms with van der Waals surface area (Å²) in [6.07, 6.45) is 1.63. The first-order chi connectivity index (χ1) is 13.4. The van der Waals surface area contributed by atoms with Crippen molar-refractivity contribution in [3.63, 3.8) is 0 Å². The lowest BCUT2D eigenvalue weighted by Gasteiger charge is -2.23. The Morgan fingerprint density at radius 1 is 1.14 bits per heavy atom. The Bertz CT molecular complexity index is 932. The number of benzene rings is 1. The molecular formula is C19H23N3O5S. The lowest BCUT2D eigenvalue weighted by atomic mass is 10.1. The van der Waals surface area contributed by atoms with Gasteiger partial charge in [-0.1, -0.05) is 19.9 Å². The molecule has 9 heteroatoms. The van der Waals surface area contributed by atoms with Crippen LogP contribution in [-0.4, -0.2) is 38.6 Å². The maximum absolute atomic E-state index is 12.8. The average molecular weight is 405 g/mol. The van der Waals surface area contributed by atoms with Gasteiger partial charge >= 0.3 is 0 Å². The van der Waals surface area contributed by atoms with Crippen LogP contribution >= 0.6 is 0 Å². The van der Waals surface area contributed by atoms with Crippen LogP contribution in [0.15, 0.2) is 47.5 Å². The molecule has 0 fully saturated rings. The van der Waals surface area contributed by atoms with Crippen LogP contribution in [-0.2, 0) is 21.4 Å². The Kier molecular flexibility index (Phi) is 6.15. The predicted molar refractivity (Wildman–Crippen MR) is 102 cm³/mol. The summed E-state index contributed by atoms with van der Waals surface area (Å²) in [6, 6.07) is 8.84. The van der Waals surface area contributed by atoms with Crippen LogP contribution in [0.25, 0.3) is 0 Å². The molecule has 0 aliphatic carbocycles. The molecule has 3 rings (SSSR count). The molecule has 1 aromatic heterocycles. The highest BCUT2D eigenvalue weighted by molar-refractivity contribution is 7.89. The van der Waals surface area contributed by atoms with Gasteiger partial charge in [0.1, 0.15) is 19.3 Å². The summed E-state index contributed by atoms with van der Waals surface area (Å²) in [7, 11) is -3.93. The van der Waals surface area contributed by atoms with Crippen molar-refractivity contribution < 1.29 is 22.7 Å². The Balaban J connectivity index is 1.72. The van der Waals surface area contributed by atoms with Crippen LogP contribution in [0.3, 0.4) is 0 Å². The third kappa shape index (κ3) is 4.79. The second-order valence-corrected chi connectivity index (χ2v) is 8.40. The molecule has 0 radical (unpaired) electrons. The third-order valence-corrected chi connectivity index (χ3v) is 5.66. The standard InChI is InChI=1S/C19H23N3O5S/c1-13(2)18(19(23)21-12-14-5-3-4-8-20-14)22-28(24,25)15-6-7-16-17(11-15)27-10-9-26-16/h3-8,11,13,18,22H,9-10,12H2,1-2H3,(H,21,23). The Hall–Kier alpha value is -2.65. The Labute approximate surface area is 164 Å². The molecule has 1 unspecified atom stereocenters. The van der Waals surface area contributed by atoms with Gasteiger partial charge in [-0.3, -0.25) is 9.78 Å². The molecule has 0 spiro atoms. The number of hydrogen-bond acceptors (Lipinski definition) is 6. The largest absolute Gasteiger partial charge is 0.486 e. The molecule has 1 amide bonds. The zero-order chi connectivity index (χ0) is 20.1. The van der Waals surface area contributed by atoms with Gasteiger partial charge in [-0.25, -0.2) is 8.42 Å². The summed E-state index contributed by atoms with van der Waals surface area (Å²) >= 11 is 0. The van der Waals surface area contributed by atoms with E-state index in [4.69, 9.17) is 9.47 Å². The number of aromatic nitrogens is 1. The molecule has 0 bridgehead atoms. The van der Waals surface area contributed by atoms with Crippen LogP contribution in [0.2, 0.25) is 0 Å². The van der Waals surface area contributed by atoms with E-state index in [-0.39, 0.29) is 17.4 Å². The van der Waals surface area contributed by atoms with E-state index in [2.05, 4.69) is 15.0 Å². The van der Waals surface area contributed by atoms with Crippen molar-refractivity contribution >= 4 is 15.9 Å². The average Bonchev–Trinajstić information content (AvgIpc) is 2.70. The molecule has 2 aromatic rings. The van der Waals surface area contributed by atoms with Crippen molar-refractivity contribution in [2.75, 3.05) is 13.2 Å². The molecule has 1 aliphatic heterocycles. The number of hydrogen-bond donors (Lipinski definition) is 2. The van der Waals surface area contributed by atoms with Gasteiger partial charge in [0.25, 0.3) is 0 Å². The quantitative estimate of drug-likeness (QED) is 0.723. The highest BCUT2D eigenvalue weighted by Gasteiger charge is 2.29.